The highest BCUT2D eigenvalue weighted by Gasteiger charge is 2.07. The maximum absolute atomic E-state index is 11.2. The number of hydrazone groups is 1. The molecule has 0 aliphatic rings. The molecule has 7 heteroatoms. The van der Waals surface area contributed by atoms with Crippen molar-refractivity contribution in [1.82, 2.24) is 0 Å². The van der Waals surface area contributed by atoms with Crippen LogP contribution < -0.4 is 11.2 Å². The van der Waals surface area contributed by atoms with E-state index in [9.17, 15) is 9.59 Å². The molecular weight excluding hydrogens is 282 g/mol. The number of halogens is 1. The van der Waals surface area contributed by atoms with Gasteiger partial charge in [-0.3, -0.25) is 15.0 Å². The van der Waals surface area contributed by atoms with Crippen LogP contribution in [-0.2, 0) is 9.59 Å². The van der Waals surface area contributed by atoms with Crippen molar-refractivity contribution in [2.45, 2.75) is 25.7 Å². The third-order valence-corrected chi connectivity index (χ3v) is 2.75. The topological polar surface area (TPSA) is 105 Å². The van der Waals surface area contributed by atoms with Gasteiger partial charge >= 0.3 is 5.97 Å². The molecule has 0 fully saturated rings. The lowest BCUT2D eigenvalue weighted by Gasteiger charge is -2.04. The second-order valence-corrected chi connectivity index (χ2v) is 4.58. The molecule has 0 radical (unpaired) electrons. The minimum atomic E-state index is -0.859. The van der Waals surface area contributed by atoms with Gasteiger partial charge < -0.3 is 10.8 Å². The molecule has 0 saturated carbocycles. The first-order valence-corrected chi connectivity index (χ1v) is 6.46. The highest BCUT2D eigenvalue weighted by Crippen LogP contribution is 2.13. The lowest BCUT2D eigenvalue weighted by Crippen LogP contribution is -2.24. The second-order valence-electron chi connectivity index (χ2n) is 4.14. The van der Waals surface area contributed by atoms with Gasteiger partial charge in [0.25, 0.3) is 5.91 Å². The van der Waals surface area contributed by atoms with E-state index >= 15 is 0 Å². The molecule has 0 aliphatic carbocycles. The lowest BCUT2D eigenvalue weighted by molar-refractivity contribution is -0.137. The third kappa shape index (κ3) is 6.19. The number of primary amides is 1. The quantitative estimate of drug-likeness (QED) is 0.389. The van der Waals surface area contributed by atoms with Crippen molar-refractivity contribution in [3.05, 3.63) is 29.3 Å². The lowest BCUT2D eigenvalue weighted by atomic mass is 10.1. The zero-order valence-corrected chi connectivity index (χ0v) is 11.6. The largest absolute Gasteiger partial charge is 0.481 e. The number of benzene rings is 1. The van der Waals surface area contributed by atoms with Crippen molar-refractivity contribution < 1.29 is 14.7 Å². The van der Waals surface area contributed by atoms with Gasteiger partial charge in [-0.05, 0) is 43.5 Å². The minimum Gasteiger partial charge on any atom is -0.481 e. The number of nitrogens with zero attached hydrogens (tertiary/aromatic N) is 1. The molecule has 0 heterocycles. The highest BCUT2D eigenvalue weighted by molar-refractivity contribution is 6.38. The van der Waals surface area contributed by atoms with Crippen LogP contribution in [-0.4, -0.2) is 22.7 Å². The van der Waals surface area contributed by atoms with E-state index in [4.69, 9.17) is 22.4 Å². The zero-order valence-electron chi connectivity index (χ0n) is 10.8. The molecule has 0 spiro atoms. The van der Waals surface area contributed by atoms with Crippen LogP contribution in [0.5, 0.6) is 0 Å². The molecule has 0 bridgehead atoms. The standard InChI is InChI=1S/C13H16ClN3O3/c14-9-5-7-10(8-6-9)16-17-11(13(15)20)3-1-2-4-12(18)19/h5-8,16H,1-4H2,(H2,15,20)(H,18,19)/b17-11-. The average molecular weight is 298 g/mol. The number of carbonyl (C=O) groups excluding carboxylic acids is 1. The third-order valence-electron chi connectivity index (χ3n) is 2.50. The Labute approximate surface area is 121 Å². The number of anilines is 1. The van der Waals surface area contributed by atoms with Gasteiger partial charge in [0.1, 0.15) is 5.71 Å². The van der Waals surface area contributed by atoms with E-state index in [1.807, 2.05) is 0 Å². The Balaban J connectivity index is 2.52. The summed E-state index contributed by atoms with van der Waals surface area (Å²) in [5.74, 6) is -1.48. The van der Waals surface area contributed by atoms with Crippen LogP contribution in [0, 0.1) is 0 Å². The van der Waals surface area contributed by atoms with E-state index in [2.05, 4.69) is 10.5 Å². The van der Waals surface area contributed by atoms with Crippen LogP contribution in [0.1, 0.15) is 25.7 Å². The van der Waals surface area contributed by atoms with E-state index in [1.165, 1.54) is 0 Å². The number of hydrogen-bond donors (Lipinski definition) is 3. The molecule has 0 aliphatic heterocycles. The van der Waals surface area contributed by atoms with Crippen molar-refractivity contribution in [3.63, 3.8) is 0 Å². The predicted molar refractivity (Wildman–Crippen MR) is 77.8 cm³/mol. The summed E-state index contributed by atoms with van der Waals surface area (Å²) >= 11 is 5.75. The Bertz CT molecular complexity index is 500. The molecule has 1 aromatic rings. The molecule has 0 saturated heterocycles. The molecule has 1 amide bonds. The summed E-state index contributed by atoms with van der Waals surface area (Å²) in [4.78, 5) is 21.6. The fraction of sp³-hybridized carbons (Fsp3) is 0.308. The molecule has 1 aromatic carbocycles. The van der Waals surface area contributed by atoms with Crippen molar-refractivity contribution in [3.8, 4) is 0 Å². The number of carboxylic acid groups (broad SMARTS) is 1. The van der Waals surface area contributed by atoms with E-state index in [0.717, 1.165) is 0 Å². The van der Waals surface area contributed by atoms with Gasteiger partial charge in [0, 0.05) is 11.4 Å². The van der Waals surface area contributed by atoms with Gasteiger partial charge in [0.2, 0.25) is 0 Å². The van der Waals surface area contributed by atoms with Crippen molar-refractivity contribution >= 4 is 34.9 Å². The monoisotopic (exact) mass is 297 g/mol. The first kappa shape index (κ1) is 16.0. The Morgan fingerprint density at radius 3 is 2.35 bits per heavy atom. The zero-order chi connectivity index (χ0) is 15.0. The Hall–Kier alpha value is -2.08. The average Bonchev–Trinajstić information content (AvgIpc) is 2.39. The van der Waals surface area contributed by atoms with Crippen molar-refractivity contribution in [1.29, 1.82) is 0 Å². The molecule has 20 heavy (non-hydrogen) atoms. The summed E-state index contributed by atoms with van der Waals surface area (Å²) in [7, 11) is 0. The first-order chi connectivity index (χ1) is 9.49. The summed E-state index contributed by atoms with van der Waals surface area (Å²) in [6.07, 6.45) is 1.42. The smallest absolute Gasteiger partial charge is 0.303 e. The maximum atomic E-state index is 11.2. The SMILES string of the molecule is NC(=O)/C(CCCCC(=O)O)=N\Nc1ccc(Cl)cc1. The summed E-state index contributed by atoms with van der Waals surface area (Å²) < 4.78 is 0. The number of nitrogens with two attached hydrogens (primary N) is 1. The van der Waals surface area contributed by atoms with Gasteiger partial charge in [-0.1, -0.05) is 11.6 Å². The van der Waals surface area contributed by atoms with Gasteiger partial charge in [-0.15, -0.1) is 0 Å². The van der Waals surface area contributed by atoms with Crippen molar-refractivity contribution in [2.24, 2.45) is 10.8 Å². The number of amides is 1. The molecule has 6 nitrogen and oxygen atoms in total. The number of hydrogen-bond acceptors (Lipinski definition) is 4. The van der Waals surface area contributed by atoms with Crippen LogP contribution in [0.15, 0.2) is 29.4 Å². The molecule has 0 unspecified atom stereocenters. The van der Waals surface area contributed by atoms with E-state index in [0.29, 0.717) is 30.0 Å². The predicted octanol–water partition coefficient (Wildman–Crippen LogP) is 2.24. The van der Waals surface area contributed by atoms with Crippen LogP contribution in [0.2, 0.25) is 5.02 Å². The summed E-state index contributed by atoms with van der Waals surface area (Å²) in [5, 5.41) is 13.1. The van der Waals surface area contributed by atoms with Crippen LogP contribution >= 0.6 is 11.6 Å². The number of carbonyl (C=O) groups is 2. The summed E-state index contributed by atoms with van der Waals surface area (Å²) in [5.41, 5.74) is 8.80. The van der Waals surface area contributed by atoms with Gasteiger partial charge in [-0.2, -0.15) is 5.10 Å². The summed E-state index contributed by atoms with van der Waals surface area (Å²) in [6, 6.07) is 6.82. The first-order valence-electron chi connectivity index (χ1n) is 6.09. The Morgan fingerprint density at radius 1 is 1.20 bits per heavy atom. The molecule has 108 valence electrons. The van der Waals surface area contributed by atoms with E-state index < -0.39 is 11.9 Å². The van der Waals surface area contributed by atoms with Gasteiger partial charge in [0.05, 0.1) is 5.69 Å². The molecule has 1 rings (SSSR count). The van der Waals surface area contributed by atoms with E-state index in [-0.39, 0.29) is 12.1 Å². The Kier molecular flexibility index (Phi) is 6.52. The molecule has 0 aromatic heterocycles. The fourth-order valence-electron chi connectivity index (χ4n) is 1.46. The number of nitrogens with one attached hydrogen (secondary N) is 1. The fourth-order valence-corrected chi connectivity index (χ4v) is 1.59. The van der Waals surface area contributed by atoms with Crippen LogP contribution in [0.25, 0.3) is 0 Å². The number of unbranched alkanes of at least 4 members (excludes halogenated alkanes) is 1. The second kappa shape index (κ2) is 8.16. The van der Waals surface area contributed by atoms with Crippen LogP contribution in [0.4, 0.5) is 5.69 Å². The number of rotatable bonds is 8. The van der Waals surface area contributed by atoms with Gasteiger partial charge in [-0.25, -0.2) is 0 Å². The Morgan fingerprint density at radius 2 is 1.80 bits per heavy atom. The normalized spacial score (nSPS) is 11.2. The number of aliphatic carboxylic acids is 1. The molecule has 4 N–H and O–H groups in total. The summed E-state index contributed by atoms with van der Waals surface area (Å²) in [6.45, 7) is 0. The molecular formula is C13H16ClN3O3. The van der Waals surface area contributed by atoms with E-state index in [1.54, 1.807) is 24.3 Å². The van der Waals surface area contributed by atoms with Crippen LogP contribution in [0.3, 0.4) is 0 Å². The molecule has 0 atom stereocenters. The maximum Gasteiger partial charge on any atom is 0.303 e. The van der Waals surface area contributed by atoms with Crippen molar-refractivity contribution in [2.75, 3.05) is 5.43 Å². The van der Waals surface area contributed by atoms with Gasteiger partial charge in [0.15, 0.2) is 0 Å². The highest BCUT2D eigenvalue weighted by atomic mass is 35.5. The minimum absolute atomic E-state index is 0.0661. The number of carboxylic acids is 1.